The lowest BCUT2D eigenvalue weighted by Gasteiger charge is -2.27. The number of hydrogen-bond acceptors (Lipinski definition) is 0. The predicted molar refractivity (Wildman–Crippen MR) is 51.6 cm³/mol. The average molecular weight is 205 g/mol. The molecule has 0 nitrogen and oxygen atoms in total. The van der Waals surface area contributed by atoms with Gasteiger partial charge in [-0.1, -0.05) is 42.8 Å². The summed E-state index contributed by atoms with van der Waals surface area (Å²) in [7, 11) is 0. The molecule has 0 bridgehead atoms. The second-order valence-corrected chi connectivity index (χ2v) is 4.39. The van der Waals surface area contributed by atoms with Crippen LogP contribution in [0.4, 0.5) is 0 Å². The summed E-state index contributed by atoms with van der Waals surface area (Å²) in [6.07, 6.45) is 3.10. The van der Waals surface area contributed by atoms with Gasteiger partial charge in [-0.15, -0.1) is 6.58 Å². The van der Waals surface area contributed by atoms with E-state index in [1.165, 1.54) is 0 Å². The van der Waals surface area contributed by atoms with Gasteiger partial charge in [0, 0.05) is 5.33 Å². The third-order valence-corrected chi connectivity index (χ3v) is 2.64. The lowest BCUT2D eigenvalue weighted by molar-refractivity contribution is 0.270. The minimum atomic E-state index is 0.400. The van der Waals surface area contributed by atoms with Crippen molar-refractivity contribution in [2.45, 2.75) is 27.2 Å². The summed E-state index contributed by atoms with van der Waals surface area (Å²) >= 11 is 3.50. The van der Waals surface area contributed by atoms with E-state index in [0.29, 0.717) is 11.3 Å². The highest BCUT2D eigenvalue weighted by Crippen LogP contribution is 2.30. The largest absolute Gasteiger partial charge is 0.103 e. The number of hydrogen-bond donors (Lipinski definition) is 0. The molecule has 0 aliphatic carbocycles. The molecule has 1 unspecified atom stereocenters. The topological polar surface area (TPSA) is 0 Å². The molecule has 0 N–H and O–H groups in total. The predicted octanol–water partition coefficient (Wildman–Crippen LogP) is 3.62. The molecule has 0 spiro atoms. The Hall–Kier alpha value is 0.220. The van der Waals surface area contributed by atoms with E-state index in [1.807, 2.05) is 6.08 Å². The Morgan fingerprint density at radius 2 is 2.00 bits per heavy atom. The van der Waals surface area contributed by atoms with Gasteiger partial charge >= 0.3 is 0 Å². The molecular weight excluding hydrogens is 188 g/mol. The lowest BCUT2D eigenvalue weighted by Crippen LogP contribution is -2.20. The lowest BCUT2D eigenvalue weighted by atomic mass is 9.80. The van der Waals surface area contributed by atoms with Crippen molar-refractivity contribution < 1.29 is 0 Å². The van der Waals surface area contributed by atoms with E-state index < -0.39 is 0 Å². The highest BCUT2D eigenvalue weighted by atomic mass is 79.9. The van der Waals surface area contributed by atoms with Crippen LogP contribution in [0.1, 0.15) is 27.2 Å². The van der Waals surface area contributed by atoms with E-state index >= 15 is 0 Å². The summed E-state index contributed by atoms with van der Waals surface area (Å²) in [5.74, 6) is 0.713. The van der Waals surface area contributed by atoms with Crippen molar-refractivity contribution in [3.8, 4) is 0 Å². The molecule has 0 rings (SSSR count). The van der Waals surface area contributed by atoms with Crippen molar-refractivity contribution in [3.05, 3.63) is 12.7 Å². The first-order valence-corrected chi connectivity index (χ1v) is 4.81. The molecule has 0 aromatic rings. The molecule has 0 aliphatic rings. The van der Waals surface area contributed by atoms with Gasteiger partial charge in [0.1, 0.15) is 0 Å². The quantitative estimate of drug-likeness (QED) is 0.487. The van der Waals surface area contributed by atoms with Crippen molar-refractivity contribution in [2.75, 3.05) is 5.33 Å². The molecule has 0 aromatic carbocycles. The Balaban J connectivity index is 3.92. The summed E-state index contributed by atoms with van der Waals surface area (Å²) in [4.78, 5) is 0. The zero-order valence-electron chi connectivity index (χ0n) is 7.15. The molecule has 0 aromatic heterocycles. The van der Waals surface area contributed by atoms with Gasteiger partial charge in [0.2, 0.25) is 0 Å². The van der Waals surface area contributed by atoms with E-state index in [9.17, 15) is 0 Å². The SMILES string of the molecule is C=CCC(CBr)C(C)(C)C. The maximum absolute atomic E-state index is 3.74. The van der Waals surface area contributed by atoms with E-state index in [4.69, 9.17) is 0 Å². The van der Waals surface area contributed by atoms with Crippen molar-refractivity contribution in [1.82, 2.24) is 0 Å². The van der Waals surface area contributed by atoms with E-state index in [1.54, 1.807) is 0 Å². The zero-order chi connectivity index (χ0) is 8.20. The average Bonchev–Trinajstić information content (AvgIpc) is 1.80. The number of rotatable bonds is 3. The highest BCUT2D eigenvalue weighted by molar-refractivity contribution is 9.09. The molecule has 0 saturated heterocycles. The second-order valence-electron chi connectivity index (χ2n) is 3.74. The van der Waals surface area contributed by atoms with Crippen LogP contribution in [0.3, 0.4) is 0 Å². The summed E-state index contributed by atoms with van der Waals surface area (Å²) in [6, 6.07) is 0. The fourth-order valence-electron chi connectivity index (χ4n) is 0.849. The summed E-state index contributed by atoms with van der Waals surface area (Å²) in [5.41, 5.74) is 0.400. The second kappa shape index (κ2) is 4.17. The van der Waals surface area contributed by atoms with Crippen LogP contribution in [0.5, 0.6) is 0 Å². The molecule has 10 heavy (non-hydrogen) atoms. The smallest absolute Gasteiger partial charge is 0.00676 e. The van der Waals surface area contributed by atoms with Gasteiger partial charge in [-0.3, -0.25) is 0 Å². The highest BCUT2D eigenvalue weighted by Gasteiger charge is 2.21. The summed E-state index contributed by atoms with van der Waals surface area (Å²) < 4.78 is 0. The van der Waals surface area contributed by atoms with Crippen LogP contribution in [0.2, 0.25) is 0 Å². The Kier molecular flexibility index (Phi) is 4.26. The number of halogens is 1. The summed E-state index contributed by atoms with van der Waals surface area (Å²) in [5, 5.41) is 1.07. The molecule has 1 atom stereocenters. The first-order chi connectivity index (χ1) is 4.52. The Labute approximate surface area is 72.8 Å². The maximum atomic E-state index is 3.74. The van der Waals surface area contributed by atoms with Gasteiger partial charge < -0.3 is 0 Å². The molecule has 1 heteroatoms. The van der Waals surface area contributed by atoms with Crippen molar-refractivity contribution in [2.24, 2.45) is 11.3 Å². The minimum Gasteiger partial charge on any atom is -0.103 e. The fourth-order valence-corrected chi connectivity index (χ4v) is 2.08. The molecule has 0 radical (unpaired) electrons. The molecule has 0 saturated carbocycles. The van der Waals surface area contributed by atoms with Gasteiger partial charge in [-0.25, -0.2) is 0 Å². The van der Waals surface area contributed by atoms with Gasteiger partial charge in [0.05, 0.1) is 0 Å². The van der Waals surface area contributed by atoms with E-state index in [2.05, 4.69) is 43.3 Å². The van der Waals surface area contributed by atoms with Crippen molar-refractivity contribution in [1.29, 1.82) is 0 Å². The van der Waals surface area contributed by atoms with Crippen LogP contribution in [0.15, 0.2) is 12.7 Å². The standard InChI is InChI=1S/C9H17Br/c1-5-6-8(7-10)9(2,3)4/h5,8H,1,6-7H2,2-4H3. The van der Waals surface area contributed by atoms with Gasteiger partial charge in [-0.05, 0) is 17.8 Å². The van der Waals surface area contributed by atoms with Crippen LogP contribution in [-0.4, -0.2) is 5.33 Å². The van der Waals surface area contributed by atoms with Crippen LogP contribution in [0, 0.1) is 11.3 Å². The molecule has 0 aliphatic heterocycles. The summed E-state index contributed by atoms with van der Waals surface area (Å²) in [6.45, 7) is 10.5. The van der Waals surface area contributed by atoms with Crippen LogP contribution in [-0.2, 0) is 0 Å². The fraction of sp³-hybridized carbons (Fsp3) is 0.778. The first kappa shape index (κ1) is 10.2. The van der Waals surface area contributed by atoms with E-state index in [0.717, 1.165) is 11.8 Å². The van der Waals surface area contributed by atoms with Crippen LogP contribution in [0.25, 0.3) is 0 Å². The van der Waals surface area contributed by atoms with Crippen molar-refractivity contribution >= 4 is 15.9 Å². The maximum Gasteiger partial charge on any atom is 0.00676 e. The van der Waals surface area contributed by atoms with Gasteiger partial charge in [0.15, 0.2) is 0 Å². The van der Waals surface area contributed by atoms with Crippen LogP contribution < -0.4 is 0 Å². The minimum absolute atomic E-state index is 0.400. The Morgan fingerprint density at radius 1 is 1.50 bits per heavy atom. The molecule has 60 valence electrons. The van der Waals surface area contributed by atoms with Gasteiger partial charge in [-0.2, -0.15) is 0 Å². The molecule has 0 heterocycles. The monoisotopic (exact) mass is 204 g/mol. The number of allylic oxidation sites excluding steroid dienone is 1. The Morgan fingerprint density at radius 3 is 2.10 bits per heavy atom. The molecule has 0 amide bonds. The van der Waals surface area contributed by atoms with Crippen molar-refractivity contribution in [3.63, 3.8) is 0 Å². The van der Waals surface area contributed by atoms with E-state index in [-0.39, 0.29) is 0 Å². The molecule has 0 fully saturated rings. The van der Waals surface area contributed by atoms with Crippen LogP contribution >= 0.6 is 15.9 Å². The molecular formula is C9H17Br. The first-order valence-electron chi connectivity index (χ1n) is 3.69. The Bertz CT molecular complexity index is 99.8. The normalized spacial score (nSPS) is 14.8. The van der Waals surface area contributed by atoms with Gasteiger partial charge in [0.25, 0.3) is 0 Å². The zero-order valence-corrected chi connectivity index (χ0v) is 8.74. The third kappa shape index (κ3) is 3.40. The number of alkyl halides is 1. The third-order valence-electron chi connectivity index (χ3n) is 1.86.